The zero-order chi connectivity index (χ0) is 15.6. The molecule has 3 aromatic rings. The van der Waals surface area contributed by atoms with Crippen LogP contribution in [0.2, 0.25) is 0 Å². The van der Waals surface area contributed by atoms with Crippen LogP contribution in [0.25, 0.3) is 11.2 Å². The highest BCUT2D eigenvalue weighted by molar-refractivity contribution is 5.84. The van der Waals surface area contributed by atoms with Gasteiger partial charge in [0.2, 0.25) is 5.95 Å². The van der Waals surface area contributed by atoms with Crippen molar-refractivity contribution < 1.29 is 0 Å². The summed E-state index contributed by atoms with van der Waals surface area (Å²) in [5.74, 6) is 1.70. The first-order valence-electron chi connectivity index (χ1n) is 8.11. The third kappa shape index (κ3) is 2.60. The minimum absolute atomic E-state index is 0.715. The third-order valence-electron chi connectivity index (χ3n) is 4.25. The molecule has 0 radical (unpaired) electrons. The van der Waals surface area contributed by atoms with Gasteiger partial charge in [0.15, 0.2) is 11.5 Å². The lowest BCUT2D eigenvalue weighted by Gasteiger charge is -2.28. The van der Waals surface area contributed by atoms with E-state index in [1.807, 2.05) is 0 Å². The topological polar surface area (TPSA) is 69.7 Å². The van der Waals surface area contributed by atoms with Crippen LogP contribution in [0.4, 0.5) is 11.8 Å². The van der Waals surface area contributed by atoms with Crippen LogP contribution in [0.15, 0.2) is 30.6 Å². The van der Waals surface area contributed by atoms with Gasteiger partial charge in [-0.1, -0.05) is 31.2 Å². The Morgan fingerprint density at radius 3 is 2.96 bits per heavy atom. The predicted octanol–water partition coefficient (Wildman–Crippen LogP) is 2.74. The lowest BCUT2D eigenvalue weighted by molar-refractivity contribution is 0.714. The van der Waals surface area contributed by atoms with Crippen LogP contribution in [-0.2, 0) is 13.0 Å². The van der Waals surface area contributed by atoms with Crippen molar-refractivity contribution in [2.45, 2.75) is 26.3 Å². The lowest BCUT2D eigenvalue weighted by atomic mass is 10.0. The van der Waals surface area contributed by atoms with Gasteiger partial charge in [0.05, 0.1) is 0 Å². The molecular formula is C17H20N6. The quantitative estimate of drug-likeness (QED) is 0.775. The minimum Gasteiger partial charge on any atom is -0.368 e. The molecule has 2 aromatic heterocycles. The summed E-state index contributed by atoms with van der Waals surface area (Å²) in [6, 6.07) is 8.61. The molecule has 6 nitrogen and oxygen atoms in total. The fourth-order valence-corrected chi connectivity index (χ4v) is 3.02. The number of H-pyrrole nitrogens is 1. The number of aromatic nitrogens is 4. The van der Waals surface area contributed by atoms with Gasteiger partial charge in [0.1, 0.15) is 11.8 Å². The molecule has 3 heterocycles. The SMILES string of the molecule is CCCNc1ncnc2nc(N3CCc4ccccc4C3)[nH]c12. The van der Waals surface area contributed by atoms with Crippen LogP contribution in [0.5, 0.6) is 0 Å². The molecule has 0 spiro atoms. The molecule has 1 aromatic carbocycles. The molecule has 0 unspecified atom stereocenters. The second-order valence-electron chi connectivity index (χ2n) is 5.85. The highest BCUT2D eigenvalue weighted by Gasteiger charge is 2.19. The predicted molar refractivity (Wildman–Crippen MR) is 91.7 cm³/mol. The molecule has 6 heteroatoms. The van der Waals surface area contributed by atoms with Crippen molar-refractivity contribution in [3.05, 3.63) is 41.7 Å². The van der Waals surface area contributed by atoms with Gasteiger partial charge in [-0.2, -0.15) is 4.98 Å². The van der Waals surface area contributed by atoms with E-state index in [0.717, 1.165) is 49.8 Å². The van der Waals surface area contributed by atoms with Gasteiger partial charge in [0.25, 0.3) is 0 Å². The molecule has 0 fully saturated rings. The second kappa shape index (κ2) is 5.87. The van der Waals surface area contributed by atoms with Gasteiger partial charge in [-0.05, 0) is 24.0 Å². The molecule has 118 valence electrons. The van der Waals surface area contributed by atoms with E-state index in [2.05, 4.69) is 61.3 Å². The Morgan fingerprint density at radius 2 is 2.09 bits per heavy atom. The van der Waals surface area contributed by atoms with Crippen LogP contribution in [-0.4, -0.2) is 33.0 Å². The number of nitrogens with one attached hydrogen (secondary N) is 2. The number of benzene rings is 1. The van der Waals surface area contributed by atoms with Crippen LogP contribution >= 0.6 is 0 Å². The Kier molecular flexibility index (Phi) is 3.57. The van der Waals surface area contributed by atoms with Crippen LogP contribution in [0, 0.1) is 0 Å². The average Bonchev–Trinajstić information content (AvgIpc) is 3.04. The zero-order valence-electron chi connectivity index (χ0n) is 13.2. The molecule has 2 N–H and O–H groups in total. The van der Waals surface area contributed by atoms with E-state index >= 15 is 0 Å². The van der Waals surface area contributed by atoms with Gasteiger partial charge < -0.3 is 15.2 Å². The normalized spacial score (nSPS) is 14.0. The van der Waals surface area contributed by atoms with Gasteiger partial charge in [-0.15, -0.1) is 0 Å². The molecule has 0 bridgehead atoms. The molecule has 0 aliphatic carbocycles. The Bertz CT molecular complexity index is 825. The van der Waals surface area contributed by atoms with Gasteiger partial charge >= 0.3 is 0 Å². The molecule has 0 atom stereocenters. The maximum absolute atomic E-state index is 4.66. The average molecular weight is 308 g/mol. The summed E-state index contributed by atoms with van der Waals surface area (Å²) in [6.07, 6.45) is 3.66. The lowest BCUT2D eigenvalue weighted by Crippen LogP contribution is -2.31. The zero-order valence-corrected chi connectivity index (χ0v) is 13.2. The Morgan fingerprint density at radius 1 is 1.22 bits per heavy atom. The van der Waals surface area contributed by atoms with E-state index < -0.39 is 0 Å². The largest absolute Gasteiger partial charge is 0.368 e. The number of hydrogen-bond donors (Lipinski definition) is 2. The van der Waals surface area contributed by atoms with Crippen molar-refractivity contribution >= 4 is 22.9 Å². The summed E-state index contributed by atoms with van der Waals surface area (Å²) in [6.45, 7) is 4.86. The minimum atomic E-state index is 0.715. The molecule has 0 saturated heterocycles. The first-order valence-corrected chi connectivity index (χ1v) is 8.11. The van der Waals surface area contributed by atoms with Crippen molar-refractivity contribution in [1.82, 2.24) is 19.9 Å². The fraction of sp³-hybridized carbons (Fsp3) is 0.353. The van der Waals surface area contributed by atoms with Crippen molar-refractivity contribution in [3.63, 3.8) is 0 Å². The van der Waals surface area contributed by atoms with Crippen molar-refractivity contribution in [1.29, 1.82) is 0 Å². The first kappa shape index (κ1) is 14.0. The van der Waals surface area contributed by atoms with Crippen molar-refractivity contribution in [3.8, 4) is 0 Å². The molecular weight excluding hydrogens is 288 g/mol. The number of hydrogen-bond acceptors (Lipinski definition) is 5. The van der Waals surface area contributed by atoms with E-state index in [-0.39, 0.29) is 0 Å². The Hall–Kier alpha value is -2.63. The molecule has 0 saturated carbocycles. The Labute approximate surface area is 135 Å². The number of rotatable bonds is 4. The van der Waals surface area contributed by atoms with E-state index in [4.69, 9.17) is 0 Å². The number of anilines is 2. The molecule has 0 amide bonds. The van der Waals surface area contributed by atoms with Crippen molar-refractivity contribution in [2.24, 2.45) is 0 Å². The number of fused-ring (bicyclic) bond motifs is 2. The van der Waals surface area contributed by atoms with E-state index in [1.54, 1.807) is 6.33 Å². The summed E-state index contributed by atoms with van der Waals surface area (Å²) >= 11 is 0. The highest BCUT2D eigenvalue weighted by atomic mass is 15.3. The summed E-state index contributed by atoms with van der Waals surface area (Å²) in [7, 11) is 0. The van der Waals surface area contributed by atoms with Crippen LogP contribution in [0.1, 0.15) is 24.5 Å². The summed E-state index contributed by atoms with van der Waals surface area (Å²) in [4.78, 5) is 18.9. The maximum Gasteiger partial charge on any atom is 0.205 e. The summed E-state index contributed by atoms with van der Waals surface area (Å²) in [5.41, 5.74) is 4.40. The van der Waals surface area contributed by atoms with E-state index in [0.29, 0.717) is 5.65 Å². The first-order chi connectivity index (χ1) is 11.3. The molecule has 4 rings (SSSR count). The standard InChI is InChI=1S/C17H20N6/c1-2-8-18-15-14-16(20-11-19-15)22-17(21-14)23-9-7-12-5-3-4-6-13(12)10-23/h3-6,11H,2,7-10H2,1H3,(H2,18,19,20,21,22). The highest BCUT2D eigenvalue weighted by Crippen LogP contribution is 2.25. The fourth-order valence-electron chi connectivity index (χ4n) is 3.02. The smallest absolute Gasteiger partial charge is 0.205 e. The number of imidazole rings is 1. The monoisotopic (exact) mass is 308 g/mol. The molecule has 1 aliphatic heterocycles. The second-order valence-corrected chi connectivity index (χ2v) is 5.85. The summed E-state index contributed by atoms with van der Waals surface area (Å²) in [5, 5.41) is 3.33. The van der Waals surface area contributed by atoms with Crippen molar-refractivity contribution in [2.75, 3.05) is 23.3 Å². The maximum atomic E-state index is 4.66. The van der Waals surface area contributed by atoms with Crippen LogP contribution in [0.3, 0.4) is 0 Å². The van der Waals surface area contributed by atoms with Gasteiger partial charge in [0, 0.05) is 19.6 Å². The summed E-state index contributed by atoms with van der Waals surface area (Å²) < 4.78 is 0. The third-order valence-corrected chi connectivity index (χ3v) is 4.25. The molecule has 23 heavy (non-hydrogen) atoms. The van der Waals surface area contributed by atoms with Crippen LogP contribution < -0.4 is 10.2 Å². The van der Waals surface area contributed by atoms with E-state index in [9.17, 15) is 0 Å². The Balaban J connectivity index is 1.65. The van der Waals surface area contributed by atoms with E-state index in [1.165, 1.54) is 11.1 Å². The molecule has 1 aliphatic rings. The van der Waals surface area contributed by atoms with Gasteiger partial charge in [-0.3, -0.25) is 0 Å². The number of aromatic amines is 1. The number of nitrogens with zero attached hydrogens (tertiary/aromatic N) is 4. The van der Waals surface area contributed by atoms with Gasteiger partial charge in [-0.25, -0.2) is 9.97 Å².